The molecule has 0 aliphatic carbocycles. The maximum atomic E-state index is 4.56. The largest absolute Gasteiger partial charge is 0.308 e. The Morgan fingerprint density at radius 2 is 2.17 bits per heavy atom. The lowest BCUT2D eigenvalue weighted by atomic mass is 10.1. The number of nitrogens with one attached hydrogen (secondary N) is 1. The number of rotatable bonds is 3. The van der Waals surface area contributed by atoms with Crippen LogP contribution >= 0.6 is 27.3 Å². The van der Waals surface area contributed by atoms with Crippen LogP contribution in [0, 0.1) is 0 Å². The smallest absolute Gasteiger partial charge is 0.107 e. The Morgan fingerprint density at radius 3 is 2.72 bits per heavy atom. The molecule has 2 rings (SSSR count). The van der Waals surface area contributed by atoms with Crippen molar-refractivity contribution in [2.45, 2.75) is 32.9 Å². The molecular formula is C13H18BrN3S. The highest BCUT2D eigenvalue weighted by Crippen LogP contribution is 2.31. The maximum Gasteiger partial charge on any atom is 0.107 e. The Labute approximate surface area is 120 Å². The van der Waals surface area contributed by atoms with Gasteiger partial charge in [-0.25, -0.2) is 0 Å². The Kier molecular flexibility index (Phi) is 3.94. The third-order valence-corrected chi connectivity index (χ3v) is 4.21. The zero-order valence-electron chi connectivity index (χ0n) is 11.1. The van der Waals surface area contributed by atoms with Gasteiger partial charge in [0.25, 0.3) is 0 Å². The van der Waals surface area contributed by atoms with Gasteiger partial charge >= 0.3 is 0 Å². The number of thiophene rings is 1. The normalized spacial score (nSPS) is 12.1. The van der Waals surface area contributed by atoms with E-state index >= 15 is 0 Å². The molecule has 98 valence electrons. The van der Waals surface area contributed by atoms with Crippen molar-refractivity contribution in [1.82, 2.24) is 15.1 Å². The Morgan fingerprint density at radius 1 is 1.44 bits per heavy atom. The van der Waals surface area contributed by atoms with E-state index in [1.807, 2.05) is 11.7 Å². The van der Waals surface area contributed by atoms with Crippen LogP contribution in [0.1, 0.15) is 26.3 Å². The van der Waals surface area contributed by atoms with Crippen LogP contribution in [0.25, 0.3) is 10.6 Å². The van der Waals surface area contributed by atoms with E-state index < -0.39 is 0 Å². The highest BCUT2D eigenvalue weighted by atomic mass is 79.9. The Bertz CT molecular complexity index is 537. The molecule has 0 saturated carbocycles. The summed E-state index contributed by atoms with van der Waals surface area (Å²) in [7, 11) is 1.97. The summed E-state index contributed by atoms with van der Waals surface area (Å²) in [6.45, 7) is 7.35. The SMILES string of the molecule is Cn1cc(CNC(C)(C)C)c(-c2cc(Br)cs2)n1. The highest BCUT2D eigenvalue weighted by Gasteiger charge is 2.15. The van der Waals surface area contributed by atoms with E-state index in [0.29, 0.717) is 0 Å². The minimum atomic E-state index is 0.114. The van der Waals surface area contributed by atoms with Crippen molar-refractivity contribution in [1.29, 1.82) is 0 Å². The van der Waals surface area contributed by atoms with Crippen LogP contribution in [0.3, 0.4) is 0 Å². The molecular weight excluding hydrogens is 310 g/mol. The van der Waals surface area contributed by atoms with Gasteiger partial charge in [-0.1, -0.05) is 0 Å². The molecule has 0 aromatic carbocycles. The van der Waals surface area contributed by atoms with E-state index in [9.17, 15) is 0 Å². The molecule has 1 N–H and O–H groups in total. The van der Waals surface area contributed by atoms with Gasteiger partial charge in [0, 0.05) is 40.7 Å². The zero-order chi connectivity index (χ0) is 13.3. The summed E-state index contributed by atoms with van der Waals surface area (Å²) < 4.78 is 2.99. The van der Waals surface area contributed by atoms with Crippen LogP contribution in [-0.4, -0.2) is 15.3 Å². The molecule has 0 fully saturated rings. The van der Waals surface area contributed by atoms with Crippen LogP contribution in [0.5, 0.6) is 0 Å². The third-order valence-electron chi connectivity index (χ3n) is 2.51. The first-order valence-electron chi connectivity index (χ1n) is 5.87. The second-order valence-corrected chi connectivity index (χ2v) is 7.24. The van der Waals surface area contributed by atoms with Gasteiger partial charge in [0.1, 0.15) is 5.69 Å². The maximum absolute atomic E-state index is 4.56. The van der Waals surface area contributed by atoms with Gasteiger partial charge in [0.2, 0.25) is 0 Å². The van der Waals surface area contributed by atoms with Gasteiger partial charge in [-0.3, -0.25) is 4.68 Å². The van der Waals surface area contributed by atoms with E-state index in [4.69, 9.17) is 0 Å². The summed E-state index contributed by atoms with van der Waals surface area (Å²) in [5.41, 5.74) is 2.43. The molecule has 2 aromatic heterocycles. The van der Waals surface area contributed by atoms with E-state index in [0.717, 1.165) is 16.7 Å². The predicted molar refractivity (Wildman–Crippen MR) is 80.8 cm³/mol. The molecule has 5 heteroatoms. The van der Waals surface area contributed by atoms with Crippen LogP contribution < -0.4 is 5.32 Å². The van der Waals surface area contributed by atoms with Gasteiger partial charge in [-0.15, -0.1) is 11.3 Å². The molecule has 0 radical (unpaired) electrons. The fourth-order valence-corrected chi connectivity index (χ4v) is 3.12. The number of nitrogens with zero attached hydrogens (tertiary/aromatic N) is 2. The van der Waals surface area contributed by atoms with E-state index in [1.165, 1.54) is 10.4 Å². The standard InChI is InChI=1S/C13H18BrN3S/c1-13(2,3)15-6-9-7-17(4)16-12(9)11-5-10(14)8-18-11/h5,7-8,15H,6H2,1-4H3. The molecule has 3 nitrogen and oxygen atoms in total. The van der Waals surface area contributed by atoms with E-state index in [1.54, 1.807) is 11.3 Å². The van der Waals surface area contributed by atoms with Crippen molar-refractivity contribution in [2.24, 2.45) is 7.05 Å². The van der Waals surface area contributed by atoms with Crippen LogP contribution in [0.15, 0.2) is 22.1 Å². The van der Waals surface area contributed by atoms with Crippen molar-refractivity contribution >= 4 is 27.3 Å². The summed E-state index contributed by atoms with van der Waals surface area (Å²) in [6, 6.07) is 2.12. The molecule has 0 unspecified atom stereocenters. The first-order chi connectivity index (χ1) is 8.35. The summed E-state index contributed by atoms with van der Waals surface area (Å²) in [4.78, 5) is 1.20. The summed E-state index contributed by atoms with van der Waals surface area (Å²) >= 11 is 5.20. The average molecular weight is 328 g/mol. The summed E-state index contributed by atoms with van der Waals surface area (Å²) in [5.74, 6) is 0. The quantitative estimate of drug-likeness (QED) is 0.929. The molecule has 2 aromatic rings. The molecule has 0 bridgehead atoms. The van der Waals surface area contributed by atoms with Crippen molar-refractivity contribution < 1.29 is 0 Å². The minimum Gasteiger partial charge on any atom is -0.308 e. The first kappa shape index (κ1) is 13.8. The lowest BCUT2D eigenvalue weighted by Gasteiger charge is -2.20. The molecule has 0 aliphatic heterocycles. The molecule has 0 amide bonds. The van der Waals surface area contributed by atoms with Crippen LogP contribution in [0.4, 0.5) is 0 Å². The fraction of sp³-hybridized carbons (Fsp3) is 0.462. The number of hydrogen-bond acceptors (Lipinski definition) is 3. The highest BCUT2D eigenvalue weighted by molar-refractivity contribution is 9.10. The van der Waals surface area contributed by atoms with Crippen LogP contribution in [0.2, 0.25) is 0 Å². The van der Waals surface area contributed by atoms with Gasteiger partial charge < -0.3 is 5.32 Å². The second kappa shape index (κ2) is 5.15. The van der Waals surface area contributed by atoms with Crippen molar-refractivity contribution in [3.63, 3.8) is 0 Å². The van der Waals surface area contributed by atoms with Gasteiger partial charge in [0.15, 0.2) is 0 Å². The molecule has 0 spiro atoms. The number of hydrogen-bond donors (Lipinski definition) is 1. The lowest BCUT2D eigenvalue weighted by Crippen LogP contribution is -2.35. The average Bonchev–Trinajstić information content (AvgIpc) is 2.80. The Balaban J connectivity index is 2.26. The van der Waals surface area contributed by atoms with Crippen molar-refractivity contribution in [2.75, 3.05) is 0 Å². The van der Waals surface area contributed by atoms with Gasteiger partial charge in [0.05, 0.1) is 4.88 Å². The molecule has 0 saturated heterocycles. The number of aryl methyl sites for hydroxylation is 1. The summed E-state index contributed by atoms with van der Waals surface area (Å²) in [6.07, 6.45) is 2.09. The molecule has 0 aliphatic rings. The fourth-order valence-electron chi connectivity index (χ4n) is 1.67. The lowest BCUT2D eigenvalue weighted by molar-refractivity contribution is 0.424. The van der Waals surface area contributed by atoms with Crippen LogP contribution in [-0.2, 0) is 13.6 Å². The predicted octanol–water partition coefficient (Wildman–Crippen LogP) is 3.80. The van der Waals surface area contributed by atoms with Gasteiger partial charge in [-0.2, -0.15) is 5.10 Å². The minimum absolute atomic E-state index is 0.114. The van der Waals surface area contributed by atoms with E-state index in [2.05, 4.69) is 64.8 Å². The number of halogens is 1. The van der Waals surface area contributed by atoms with Crippen molar-refractivity contribution in [3.05, 3.63) is 27.7 Å². The Hall–Kier alpha value is -0.650. The van der Waals surface area contributed by atoms with E-state index in [-0.39, 0.29) is 5.54 Å². The summed E-state index contributed by atoms with van der Waals surface area (Å²) in [5, 5.41) is 10.2. The zero-order valence-corrected chi connectivity index (χ0v) is 13.5. The third kappa shape index (κ3) is 3.43. The monoisotopic (exact) mass is 327 g/mol. The number of aromatic nitrogens is 2. The van der Waals surface area contributed by atoms with Gasteiger partial charge in [-0.05, 0) is 42.8 Å². The molecule has 0 atom stereocenters. The molecule has 2 heterocycles. The second-order valence-electron chi connectivity index (χ2n) is 5.41. The topological polar surface area (TPSA) is 29.9 Å². The first-order valence-corrected chi connectivity index (χ1v) is 7.54. The van der Waals surface area contributed by atoms with Crippen molar-refractivity contribution in [3.8, 4) is 10.6 Å². The molecule has 18 heavy (non-hydrogen) atoms.